The summed E-state index contributed by atoms with van der Waals surface area (Å²) in [5.74, 6) is 1.41. The molecule has 0 spiro atoms. The number of rotatable bonds is 4. The zero-order valence-electron chi connectivity index (χ0n) is 14.6. The number of hydrogen-bond donors (Lipinski definition) is 3. The van der Waals surface area contributed by atoms with Crippen molar-refractivity contribution in [3.63, 3.8) is 0 Å². The van der Waals surface area contributed by atoms with Gasteiger partial charge in [0.15, 0.2) is 5.65 Å². The molecule has 0 bridgehead atoms. The summed E-state index contributed by atoms with van der Waals surface area (Å²) in [4.78, 5) is 5.06. The Morgan fingerprint density at radius 1 is 1.44 bits per heavy atom. The molecule has 25 heavy (non-hydrogen) atoms. The normalized spacial score (nSPS) is 21.0. The van der Waals surface area contributed by atoms with Gasteiger partial charge in [-0.15, -0.1) is 0 Å². The Morgan fingerprint density at radius 3 is 3.00 bits per heavy atom. The van der Waals surface area contributed by atoms with Gasteiger partial charge in [-0.25, -0.2) is 10.4 Å². The smallest absolute Gasteiger partial charge is 0.165 e. The lowest BCUT2D eigenvalue weighted by Crippen LogP contribution is -2.29. The van der Waals surface area contributed by atoms with E-state index in [0.29, 0.717) is 5.92 Å². The summed E-state index contributed by atoms with van der Waals surface area (Å²) in [6.45, 7) is 5.81. The van der Waals surface area contributed by atoms with Crippen LogP contribution in [0.3, 0.4) is 0 Å². The molecule has 134 valence electrons. The van der Waals surface area contributed by atoms with Crippen LogP contribution in [0, 0.1) is 0 Å². The number of nitrogens with zero attached hydrogens (tertiary/aromatic N) is 4. The molecular formula is C17H24BrN7. The summed E-state index contributed by atoms with van der Waals surface area (Å²) in [6.07, 6.45) is 6.38. The van der Waals surface area contributed by atoms with Crippen molar-refractivity contribution in [2.45, 2.75) is 25.7 Å². The van der Waals surface area contributed by atoms with E-state index in [9.17, 15) is 0 Å². The van der Waals surface area contributed by atoms with E-state index in [1.165, 1.54) is 12.0 Å². The predicted octanol–water partition coefficient (Wildman–Crippen LogP) is 2.18. The topological polar surface area (TPSA) is 69.5 Å². The lowest BCUT2D eigenvalue weighted by Gasteiger charge is -2.24. The second kappa shape index (κ2) is 6.93. The molecule has 2 aliphatic rings. The monoisotopic (exact) mass is 405 g/mol. The fourth-order valence-corrected chi connectivity index (χ4v) is 4.31. The van der Waals surface area contributed by atoms with Crippen molar-refractivity contribution < 1.29 is 0 Å². The van der Waals surface area contributed by atoms with Crippen LogP contribution in [0.4, 0.5) is 5.82 Å². The highest BCUT2D eigenvalue weighted by Crippen LogP contribution is 2.35. The van der Waals surface area contributed by atoms with Crippen molar-refractivity contribution in [1.82, 2.24) is 30.3 Å². The van der Waals surface area contributed by atoms with Gasteiger partial charge in [0.25, 0.3) is 0 Å². The summed E-state index contributed by atoms with van der Waals surface area (Å²) in [5.41, 5.74) is 7.64. The molecule has 1 unspecified atom stereocenters. The van der Waals surface area contributed by atoms with E-state index in [1.807, 2.05) is 22.8 Å². The van der Waals surface area contributed by atoms with E-state index >= 15 is 0 Å². The minimum atomic E-state index is 0.423. The molecule has 2 aromatic rings. The van der Waals surface area contributed by atoms with Gasteiger partial charge in [-0.3, -0.25) is 0 Å². The van der Waals surface area contributed by atoms with Gasteiger partial charge in [0.1, 0.15) is 5.82 Å². The third kappa shape index (κ3) is 3.02. The Labute approximate surface area is 156 Å². The number of aromatic nitrogens is 3. The van der Waals surface area contributed by atoms with Gasteiger partial charge in [-0.05, 0) is 47.8 Å². The molecular weight excluding hydrogens is 382 g/mol. The molecule has 4 rings (SSSR count). The van der Waals surface area contributed by atoms with Gasteiger partial charge >= 0.3 is 0 Å². The summed E-state index contributed by atoms with van der Waals surface area (Å²) in [7, 11) is 2.01. The van der Waals surface area contributed by atoms with Crippen LogP contribution in [-0.2, 0) is 0 Å². The highest BCUT2D eigenvalue weighted by atomic mass is 79.9. The first kappa shape index (κ1) is 16.8. The van der Waals surface area contributed by atoms with Gasteiger partial charge in [0, 0.05) is 44.4 Å². The molecule has 2 aliphatic heterocycles. The zero-order valence-corrected chi connectivity index (χ0v) is 16.2. The molecule has 0 amide bonds. The maximum absolute atomic E-state index is 5.06. The van der Waals surface area contributed by atoms with E-state index in [2.05, 4.69) is 50.2 Å². The predicted molar refractivity (Wildman–Crippen MR) is 103 cm³/mol. The van der Waals surface area contributed by atoms with Crippen LogP contribution < -0.4 is 16.1 Å². The standard InChI is InChI=1S/C17H24BrN7/c1-3-20-17-14(18)15(11-5-4-6-19-7-11)23-16-13(9-22-25(16)17)12-8-21-24(2)10-12/h9-11,19-21H,3-8H2,1-2H3. The molecule has 4 heterocycles. The van der Waals surface area contributed by atoms with E-state index < -0.39 is 0 Å². The van der Waals surface area contributed by atoms with E-state index in [1.54, 1.807) is 0 Å². The highest BCUT2D eigenvalue weighted by molar-refractivity contribution is 9.10. The third-order valence-electron chi connectivity index (χ3n) is 4.86. The Kier molecular flexibility index (Phi) is 4.66. The zero-order chi connectivity index (χ0) is 17.4. The van der Waals surface area contributed by atoms with Crippen molar-refractivity contribution in [2.75, 3.05) is 38.5 Å². The van der Waals surface area contributed by atoms with E-state index in [-0.39, 0.29) is 0 Å². The number of hydrazine groups is 1. The molecule has 8 heteroatoms. The molecule has 7 nitrogen and oxygen atoms in total. The molecule has 0 radical (unpaired) electrons. The summed E-state index contributed by atoms with van der Waals surface area (Å²) in [5, 5.41) is 13.6. The second-order valence-corrected chi connectivity index (χ2v) is 7.42. The molecule has 0 aliphatic carbocycles. The Bertz CT molecular complexity index is 807. The average molecular weight is 406 g/mol. The first-order chi connectivity index (χ1) is 12.2. The number of anilines is 1. The van der Waals surface area contributed by atoms with Crippen LogP contribution in [0.15, 0.2) is 16.9 Å². The fraction of sp³-hybridized carbons (Fsp3) is 0.529. The van der Waals surface area contributed by atoms with Crippen LogP contribution in [0.2, 0.25) is 0 Å². The molecule has 3 N–H and O–H groups in total. The van der Waals surface area contributed by atoms with Crippen LogP contribution in [0.5, 0.6) is 0 Å². The molecule has 1 fully saturated rings. The largest absolute Gasteiger partial charge is 0.369 e. The van der Waals surface area contributed by atoms with Crippen molar-refractivity contribution in [3.05, 3.63) is 28.1 Å². The SMILES string of the molecule is CCNc1c(Br)c(C2CCCNC2)nc2c(C3=CN(C)NC3)cnn12. The maximum Gasteiger partial charge on any atom is 0.165 e. The highest BCUT2D eigenvalue weighted by Gasteiger charge is 2.25. The molecule has 1 atom stereocenters. The average Bonchev–Trinajstić information content (AvgIpc) is 3.24. The molecule has 0 saturated carbocycles. The van der Waals surface area contributed by atoms with Crippen LogP contribution in [0.25, 0.3) is 11.2 Å². The summed E-state index contributed by atoms with van der Waals surface area (Å²) in [6, 6.07) is 0. The maximum atomic E-state index is 5.06. The lowest BCUT2D eigenvalue weighted by molar-refractivity contribution is 0.374. The number of halogens is 1. The fourth-order valence-electron chi connectivity index (χ4n) is 3.59. The van der Waals surface area contributed by atoms with Gasteiger partial charge in [0.05, 0.1) is 16.4 Å². The number of piperidine rings is 1. The Balaban J connectivity index is 1.87. The Morgan fingerprint density at radius 2 is 2.32 bits per heavy atom. The van der Waals surface area contributed by atoms with Crippen LogP contribution in [0.1, 0.15) is 36.9 Å². The molecule has 2 aromatic heterocycles. The first-order valence-electron chi connectivity index (χ1n) is 8.88. The van der Waals surface area contributed by atoms with Crippen molar-refractivity contribution >= 4 is 33.0 Å². The second-order valence-electron chi connectivity index (χ2n) is 6.63. The minimum absolute atomic E-state index is 0.423. The van der Waals surface area contributed by atoms with Gasteiger partial charge < -0.3 is 15.6 Å². The number of fused-ring (bicyclic) bond motifs is 1. The third-order valence-corrected chi connectivity index (χ3v) is 5.64. The minimum Gasteiger partial charge on any atom is -0.369 e. The van der Waals surface area contributed by atoms with E-state index in [4.69, 9.17) is 4.98 Å². The van der Waals surface area contributed by atoms with Gasteiger partial charge in [0.2, 0.25) is 0 Å². The summed E-state index contributed by atoms with van der Waals surface area (Å²) < 4.78 is 2.95. The first-order valence-corrected chi connectivity index (χ1v) is 9.67. The van der Waals surface area contributed by atoms with Crippen LogP contribution >= 0.6 is 15.9 Å². The van der Waals surface area contributed by atoms with Crippen LogP contribution in [-0.4, -0.2) is 52.8 Å². The number of hydrogen-bond acceptors (Lipinski definition) is 6. The van der Waals surface area contributed by atoms with E-state index in [0.717, 1.165) is 59.8 Å². The quantitative estimate of drug-likeness (QED) is 0.723. The lowest BCUT2D eigenvalue weighted by atomic mass is 9.95. The summed E-state index contributed by atoms with van der Waals surface area (Å²) >= 11 is 3.79. The van der Waals surface area contributed by atoms with Crippen molar-refractivity contribution in [1.29, 1.82) is 0 Å². The van der Waals surface area contributed by atoms with Gasteiger partial charge in [-0.1, -0.05) is 0 Å². The number of nitrogens with one attached hydrogen (secondary N) is 3. The molecule has 1 saturated heterocycles. The van der Waals surface area contributed by atoms with Crippen molar-refractivity contribution in [2.24, 2.45) is 0 Å². The molecule has 0 aromatic carbocycles. The Hall–Kier alpha value is -1.64. The van der Waals surface area contributed by atoms with Crippen molar-refractivity contribution in [3.8, 4) is 0 Å². The van der Waals surface area contributed by atoms with Gasteiger partial charge in [-0.2, -0.15) is 9.61 Å².